The molecular formula is C14H26N4O2S. The van der Waals surface area contributed by atoms with Crippen LogP contribution in [0, 0.1) is 11.8 Å². The smallest absolute Gasteiger partial charge is 0.257 e. The Morgan fingerprint density at radius 3 is 2.90 bits per heavy atom. The first kappa shape index (κ1) is 16.5. The highest BCUT2D eigenvalue weighted by Gasteiger charge is 2.25. The Labute approximate surface area is 127 Å². The van der Waals surface area contributed by atoms with Gasteiger partial charge >= 0.3 is 0 Å². The summed E-state index contributed by atoms with van der Waals surface area (Å²) in [5.74, 6) is 1.17. The maximum absolute atomic E-state index is 12.4. The number of H-pyrrole nitrogens is 1. The molecule has 0 aliphatic heterocycles. The third-order valence-corrected chi connectivity index (χ3v) is 5.49. The summed E-state index contributed by atoms with van der Waals surface area (Å²) in [4.78, 5) is 0. The summed E-state index contributed by atoms with van der Waals surface area (Å²) in [6.07, 6.45) is 6.00. The zero-order valence-electron chi connectivity index (χ0n) is 12.9. The van der Waals surface area contributed by atoms with Crippen molar-refractivity contribution in [3.63, 3.8) is 0 Å². The quantitative estimate of drug-likeness (QED) is 0.636. The highest BCUT2D eigenvalue weighted by atomic mass is 32.2. The number of nitrogens with zero attached hydrogens (tertiary/aromatic N) is 1. The van der Waals surface area contributed by atoms with Crippen LogP contribution in [-0.2, 0) is 16.6 Å². The molecule has 1 aromatic heterocycles. The van der Waals surface area contributed by atoms with Crippen LogP contribution in [0.4, 0.5) is 0 Å². The van der Waals surface area contributed by atoms with Crippen molar-refractivity contribution < 1.29 is 8.42 Å². The molecule has 0 radical (unpaired) electrons. The van der Waals surface area contributed by atoms with Gasteiger partial charge in [0, 0.05) is 18.7 Å². The van der Waals surface area contributed by atoms with Crippen molar-refractivity contribution in [1.29, 1.82) is 0 Å². The van der Waals surface area contributed by atoms with Crippen molar-refractivity contribution in [3.05, 3.63) is 11.8 Å². The second kappa shape index (κ2) is 7.38. The summed E-state index contributed by atoms with van der Waals surface area (Å²) in [6, 6.07) is 0. The summed E-state index contributed by atoms with van der Waals surface area (Å²) in [5.41, 5.74) is 0.690. The number of hydrogen-bond acceptors (Lipinski definition) is 4. The fourth-order valence-electron chi connectivity index (χ4n) is 2.87. The Hall–Kier alpha value is -0.920. The Bertz CT molecular complexity index is 541. The molecule has 0 aromatic carbocycles. The molecule has 120 valence electrons. The first-order chi connectivity index (χ1) is 10.0. The fraction of sp³-hybridized carbons (Fsp3) is 0.786. The van der Waals surface area contributed by atoms with Crippen molar-refractivity contribution in [2.45, 2.75) is 51.1 Å². The lowest BCUT2D eigenvalue weighted by molar-refractivity contribution is 0.497. The summed E-state index contributed by atoms with van der Waals surface area (Å²) < 4.78 is 27.5. The number of aromatic amines is 1. The molecule has 1 saturated carbocycles. The van der Waals surface area contributed by atoms with Gasteiger partial charge in [0.25, 0.3) is 10.0 Å². The van der Waals surface area contributed by atoms with Crippen LogP contribution in [-0.4, -0.2) is 31.7 Å². The monoisotopic (exact) mass is 314 g/mol. The van der Waals surface area contributed by atoms with Gasteiger partial charge in [-0.1, -0.05) is 20.3 Å². The van der Waals surface area contributed by atoms with Crippen LogP contribution in [0.1, 0.15) is 45.1 Å². The van der Waals surface area contributed by atoms with Crippen LogP contribution < -0.4 is 10.0 Å². The van der Waals surface area contributed by atoms with Gasteiger partial charge in [0.1, 0.15) is 0 Å². The maximum atomic E-state index is 12.4. The molecular weight excluding hydrogens is 288 g/mol. The molecule has 2 atom stereocenters. The largest absolute Gasteiger partial charge is 0.313 e. The van der Waals surface area contributed by atoms with E-state index in [2.05, 4.69) is 34.1 Å². The van der Waals surface area contributed by atoms with Gasteiger partial charge in [-0.15, -0.1) is 0 Å². The van der Waals surface area contributed by atoms with E-state index in [1.54, 1.807) is 6.20 Å². The van der Waals surface area contributed by atoms with E-state index >= 15 is 0 Å². The summed E-state index contributed by atoms with van der Waals surface area (Å²) in [6.45, 7) is 6.19. The third kappa shape index (κ3) is 4.52. The normalized spacial score (nSPS) is 22.8. The van der Waals surface area contributed by atoms with E-state index in [1.807, 2.05) is 0 Å². The lowest BCUT2D eigenvalue weighted by atomic mass is 10.1. The van der Waals surface area contributed by atoms with Crippen LogP contribution in [0.5, 0.6) is 0 Å². The van der Waals surface area contributed by atoms with Crippen LogP contribution in [0.15, 0.2) is 11.2 Å². The fourth-order valence-corrected chi connectivity index (χ4v) is 4.11. The SMILES string of the molecule is CCCNCc1cn[nH]c1S(=O)(=O)NCC1CCC(C)C1. The lowest BCUT2D eigenvalue weighted by Crippen LogP contribution is -2.30. The maximum Gasteiger partial charge on any atom is 0.257 e. The van der Waals surface area contributed by atoms with Crippen molar-refractivity contribution >= 4 is 10.0 Å². The Balaban J connectivity index is 1.94. The minimum Gasteiger partial charge on any atom is -0.313 e. The molecule has 1 aromatic rings. The van der Waals surface area contributed by atoms with E-state index < -0.39 is 10.0 Å². The molecule has 1 aliphatic rings. The first-order valence-electron chi connectivity index (χ1n) is 7.75. The van der Waals surface area contributed by atoms with Crippen molar-refractivity contribution in [1.82, 2.24) is 20.2 Å². The van der Waals surface area contributed by atoms with Gasteiger partial charge in [0.2, 0.25) is 0 Å². The molecule has 21 heavy (non-hydrogen) atoms. The molecule has 1 fully saturated rings. The topological polar surface area (TPSA) is 86.9 Å². The predicted molar refractivity (Wildman–Crippen MR) is 82.3 cm³/mol. The Kier molecular flexibility index (Phi) is 5.78. The molecule has 1 aliphatic carbocycles. The van der Waals surface area contributed by atoms with E-state index in [-0.39, 0.29) is 5.03 Å². The molecule has 1 heterocycles. The second-order valence-corrected chi connectivity index (χ2v) is 7.74. The molecule has 0 amide bonds. The van der Waals surface area contributed by atoms with E-state index in [4.69, 9.17) is 0 Å². The van der Waals surface area contributed by atoms with Gasteiger partial charge in [0.05, 0.1) is 6.20 Å². The second-order valence-electron chi connectivity index (χ2n) is 6.04. The van der Waals surface area contributed by atoms with E-state index in [0.29, 0.717) is 30.5 Å². The average molecular weight is 314 g/mol. The Morgan fingerprint density at radius 2 is 2.24 bits per heavy atom. The molecule has 6 nitrogen and oxygen atoms in total. The zero-order chi connectivity index (χ0) is 15.3. The summed E-state index contributed by atoms with van der Waals surface area (Å²) in [5, 5.41) is 9.88. The molecule has 0 spiro atoms. The van der Waals surface area contributed by atoms with Gasteiger partial charge in [-0.3, -0.25) is 5.10 Å². The van der Waals surface area contributed by atoms with Gasteiger partial charge in [-0.2, -0.15) is 5.10 Å². The summed E-state index contributed by atoms with van der Waals surface area (Å²) in [7, 11) is -3.50. The van der Waals surface area contributed by atoms with Crippen molar-refractivity contribution in [3.8, 4) is 0 Å². The molecule has 2 unspecified atom stereocenters. The molecule has 0 saturated heterocycles. The van der Waals surface area contributed by atoms with Crippen molar-refractivity contribution in [2.24, 2.45) is 11.8 Å². The van der Waals surface area contributed by atoms with Gasteiger partial charge < -0.3 is 5.32 Å². The van der Waals surface area contributed by atoms with Gasteiger partial charge in [-0.25, -0.2) is 13.1 Å². The number of aromatic nitrogens is 2. The van der Waals surface area contributed by atoms with Gasteiger partial charge in [-0.05, 0) is 37.6 Å². The molecule has 7 heteroatoms. The first-order valence-corrected chi connectivity index (χ1v) is 9.24. The van der Waals surface area contributed by atoms with Gasteiger partial charge in [0.15, 0.2) is 5.03 Å². The molecule has 0 bridgehead atoms. The minimum atomic E-state index is -3.50. The zero-order valence-corrected chi connectivity index (χ0v) is 13.7. The lowest BCUT2D eigenvalue weighted by Gasteiger charge is -2.12. The van der Waals surface area contributed by atoms with Crippen LogP contribution in [0.2, 0.25) is 0 Å². The number of rotatable bonds is 8. The third-order valence-electron chi connectivity index (χ3n) is 4.05. The van der Waals surface area contributed by atoms with E-state index in [9.17, 15) is 8.42 Å². The van der Waals surface area contributed by atoms with Crippen LogP contribution in [0.3, 0.4) is 0 Å². The molecule has 3 N–H and O–H groups in total. The number of sulfonamides is 1. The number of nitrogens with one attached hydrogen (secondary N) is 3. The van der Waals surface area contributed by atoms with Crippen LogP contribution in [0.25, 0.3) is 0 Å². The van der Waals surface area contributed by atoms with E-state index in [0.717, 1.165) is 25.8 Å². The minimum absolute atomic E-state index is 0.192. The van der Waals surface area contributed by atoms with Crippen LogP contribution >= 0.6 is 0 Å². The highest BCUT2D eigenvalue weighted by molar-refractivity contribution is 7.89. The Morgan fingerprint density at radius 1 is 1.43 bits per heavy atom. The van der Waals surface area contributed by atoms with Crippen molar-refractivity contribution in [2.75, 3.05) is 13.1 Å². The highest BCUT2D eigenvalue weighted by Crippen LogP contribution is 2.29. The summed E-state index contributed by atoms with van der Waals surface area (Å²) >= 11 is 0. The molecule has 2 rings (SSSR count). The number of hydrogen-bond donors (Lipinski definition) is 3. The standard InChI is InChI=1S/C14H26N4O2S/c1-3-6-15-9-13-10-16-18-14(13)21(19,20)17-8-12-5-4-11(2)7-12/h10-12,15,17H,3-9H2,1-2H3,(H,16,18). The predicted octanol–water partition coefficient (Wildman–Crippen LogP) is 1.62. The average Bonchev–Trinajstić information content (AvgIpc) is 3.06. The van der Waals surface area contributed by atoms with E-state index in [1.165, 1.54) is 6.42 Å².